The summed E-state index contributed by atoms with van der Waals surface area (Å²) in [7, 11) is 0. The van der Waals surface area contributed by atoms with E-state index in [-0.39, 0.29) is 0 Å². The third-order valence-corrected chi connectivity index (χ3v) is 5.83. The van der Waals surface area contributed by atoms with Crippen LogP contribution in [0.1, 0.15) is 30.0 Å². The van der Waals surface area contributed by atoms with Gasteiger partial charge in [0.2, 0.25) is 5.95 Å². The van der Waals surface area contributed by atoms with Gasteiger partial charge in [-0.25, -0.2) is 15.0 Å². The number of hydrogen-bond donors (Lipinski definition) is 0. The zero-order valence-electron chi connectivity index (χ0n) is 12.9. The molecule has 6 heteroatoms. The summed E-state index contributed by atoms with van der Waals surface area (Å²) in [6.45, 7) is 6.43. The van der Waals surface area contributed by atoms with Crippen LogP contribution in [0.25, 0.3) is 0 Å². The lowest BCUT2D eigenvalue weighted by molar-refractivity contribution is 0.109. The Morgan fingerprint density at radius 2 is 1.86 bits per heavy atom. The predicted molar refractivity (Wildman–Crippen MR) is 88.1 cm³/mol. The highest BCUT2D eigenvalue weighted by Gasteiger charge is 2.47. The second kappa shape index (κ2) is 5.59. The Labute approximate surface area is 135 Å². The van der Waals surface area contributed by atoms with Gasteiger partial charge in [-0.2, -0.15) is 0 Å². The standard InChI is InChI=1S/C16H21N5S/c1-13-19-14(12-22-13)11-20-8-3-16(4-9-20)5-10-21(16)15-17-6-2-7-18-15/h2,6-7,12H,3-5,8-11H2,1H3. The molecule has 116 valence electrons. The number of rotatable bonds is 3. The quantitative estimate of drug-likeness (QED) is 0.871. The molecule has 0 unspecified atom stereocenters. The maximum atomic E-state index is 4.58. The van der Waals surface area contributed by atoms with Crippen molar-refractivity contribution in [1.82, 2.24) is 19.9 Å². The van der Waals surface area contributed by atoms with E-state index < -0.39 is 0 Å². The Hall–Kier alpha value is -1.53. The van der Waals surface area contributed by atoms with Crippen LogP contribution in [0.4, 0.5) is 5.95 Å². The van der Waals surface area contributed by atoms with Crippen LogP contribution in [0.3, 0.4) is 0 Å². The number of hydrogen-bond acceptors (Lipinski definition) is 6. The maximum absolute atomic E-state index is 4.58. The molecule has 4 rings (SSSR count). The first kappa shape index (κ1) is 14.1. The largest absolute Gasteiger partial charge is 0.335 e. The normalized spacial score (nSPS) is 21.0. The van der Waals surface area contributed by atoms with Gasteiger partial charge >= 0.3 is 0 Å². The van der Waals surface area contributed by atoms with Crippen molar-refractivity contribution in [1.29, 1.82) is 0 Å². The van der Waals surface area contributed by atoms with Crippen molar-refractivity contribution in [3.63, 3.8) is 0 Å². The van der Waals surface area contributed by atoms with Crippen LogP contribution in [-0.2, 0) is 6.54 Å². The molecule has 0 aliphatic carbocycles. The molecule has 2 aromatic heterocycles. The Morgan fingerprint density at radius 1 is 1.14 bits per heavy atom. The highest BCUT2D eigenvalue weighted by Crippen LogP contribution is 2.41. The van der Waals surface area contributed by atoms with Crippen LogP contribution in [-0.4, -0.2) is 45.0 Å². The van der Waals surface area contributed by atoms with Crippen LogP contribution >= 0.6 is 11.3 Å². The summed E-state index contributed by atoms with van der Waals surface area (Å²) in [5.41, 5.74) is 1.52. The van der Waals surface area contributed by atoms with Crippen molar-refractivity contribution in [2.24, 2.45) is 0 Å². The average Bonchev–Trinajstić information content (AvgIpc) is 2.93. The first-order valence-corrected chi connectivity index (χ1v) is 8.81. The van der Waals surface area contributed by atoms with E-state index in [9.17, 15) is 0 Å². The van der Waals surface area contributed by atoms with Crippen molar-refractivity contribution in [3.05, 3.63) is 34.5 Å². The molecule has 2 aromatic rings. The van der Waals surface area contributed by atoms with Crippen molar-refractivity contribution in [2.75, 3.05) is 24.5 Å². The van der Waals surface area contributed by atoms with Gasteiger partial charge in [0.1, 0.15) is 0 Å². The molecule has 22 heavy (non-hydrogen) atoms. The fourth-order valence-corrected chi connectivity index (χ4v) is 4.24. The summed E-state index contributed by atoms with van der Waals surface area (Å²) in [6, 6.07) is 1.88. The number of anilines is 1. The monoisotopic (exact) mass is 315 g/mol. The molecule has 0 radical (unpaired) electrons. The van der Waals surface area contributed by atoms with E-state index in [1.165, 1.54) is 25.0 Å². The van der Waals surface area contributed by atoms with E-state index in [1.54, 1.807) is 11.3 Å². The molecule has 2 aliphatic heterocycles. The second-order valence-corrected chi connectivity index (χ2v) is 7.37. The minimum Gasteiger partial charge on any atom is -0.335 e. The van der Waals surface area contributed by atoms with Gasteiger partial charge in [-0.1, -0.05) is 0 Å². The molecule has 4 heterocycles. The molecule has 0 bridgehead atoms. The Morgan fingerprint density at radius 3 is 2.45 bits per heavy atom. The molecular formula is C16H21N5S. The lowest BCUT2D eigenvalue weighted by Crippen LogP contribution is -2.64. The highest BCUT2D eigenvalue weighted by molar-refractivity contribution is 7.09. The minimum absolute atomic E-state index is 0.301. The van der Waals surface area contributed by atoms with Crippen molar-refractivity contribution < 1.29 is 0 Å². The first-order valence-electron chi connectivity index (χ1n) is 7.93. The van der Waals surface area contributed by atoms with Gasteiger partial charge in [0, 0.05) is 49.5 Å². The molecule has 5 nitrogen and oxygen atoms in total. The van der Waals surface area contributed by atoms with Gasteiger partial charge in [0.25, 0.3) is 0 Å². The van der Waals surface area contributed by atoms with Crippen LogP contribution in [0.5, 0.6) is 0 Å². The molecule has 1 spiro atoms. The van der Waals surface area contributed by atoms with Crippen molar-refractivity contribution >= 4 is 17.3 Å². The molecule has 0 saturated carbocycles. The van der Waals surface area contributed by atoms with Crippen LogP contribution in [0, 0.1) is 6.92 Å². The number of nitrogens with zero attached hydrogens (tertiary/aromatic N) is 5. The van der Waals surface area contributed by atoms with Crippen LogP contribution < -0.4 is 4.90 Å². The zero-order valence-corrected chi connectivity index (χ0v) is 13.7. The summed E-state index contributed by atoms with van der Waals surface area (Å²) < 4.78 is 0. The Balaban J connectivity index is 1.39. The average molecular weight is 315 g/mol. The Bertz CT molecular complexity index is 633. The number of likely N-dealkylation sites (tertiary alicyclic amines) is 1. The Kier molecular flexibility index (Phi) is 3.58. The smallest absolute Gasteiger partial charge is 0.225 e. The van der Waals surface area contributed by atoms with Gasteiger partial charge < -0.3 is 4.90 Å². The first-order chi connectivity index (χ1) is 10.8. The van der Waals surface area contributed by atoms with E-state index >= 15 is 0 Å². The van der Waals surface area contributed by atoms with Gasteiger partial charge in [0.15, 0.2) is 0 Å². The topological polar surface area (TPSA) is 45.2 Å². The number of thiazole rings is 1. The molecule has 0 aromatic carbocycles. The van der Waals surface area contributed by atoms with E-state index in [0.717, 1.165) is 37.1 Å². The number of piperidine rings is 1. The van der Waals surface area contributed by atoms with E-state index in [4.69, 9.17) is 0 Å². The molecule has 0 amide bonds. The van der Waals surface area contributed by atoms with Gasteiger partial charge in [-0.15, -0.1) is 11.3 Å². The summed E-state index contributed by atoms with van der Waals surface area (Å²) in [4.78, 5) is 18.4. The number of aryl methyl sites for hydroxylation is 1. The lowest BCUT2D eigenvalue weighted by Gasteiger charge is -2.56. The molecular weight excluding hydrogens is 294 g/mol. The van der Waals surface area contributed by atoms with Crippen molar-refractivity contribution in [2.45, 2.75) is 38.3 Å². The molecule has 2 fully saturated rings. The van der Waals surface area contributed by atoms with E-state index in [1.807, 2.05) is 18.5 Å². The summed E-state index contributed by atoms with van der Waals surface area (Å²) in [5.74, 6) is 0.900. The molecule has 0 N–H and O–H groups in total. The van der Waals surface area contributed by atoms with E-state index in [0.29, 0.717) is 5.54 Å². The van der Waals surface area contributed by atoms with Crippen LogP contribution in [0.2, 0.25) is 0 Å². The second-order valence-electron chi connectivity index (χ2n) is 6.31. The predicted octanol–water partition coefficient (Wildman–Crippen LogP) is 2.49. The fraction of sp³-hybridized carbons (Fsp3) is 0.562. The minimum atomic E-state index is 0.301. The van der Waals surface area contributed by atoms with Gasteiger partial charge in [-0.05, 0) is 32.3 Å². The number of aromatic nitrogens is 3. The molecule has 2 saturated heterocycles. The zero-order chi connectivity index (χ0) is 15.0. The molecule has 2 aliphatic rings. The maximum Gasteiger partial charge on any atom is 0.225 e. The third kappa shape index (κ3) is 2.50. The lowest BCUT2D eigenvalue weighted by atomic mass is 9.76. The van der Waals surface area contributed by atoms with Gasteiger partial charge in [0.05, 0.1) is 10.7 Å². The highest BCUT2D eigenvalue weighted by atomic mass is 32.1. The summed E-state index contributed by atoms with van der Waals surface area (Å²) in [6.07, 6.45) is 7.36. The van der Waals surface area contributed by atoms with E-state index in [2.05, 4.69) is 37.1 Å². The molecule has 0 atom stereocenters. The third-order valence-electron chi connectivity index (χ3n) is 5.01. The van der Waals surface area contributed by atoms with Crippen LogP contribution in [0.15, 0.2) is 23.8 Å². The van der Waals surface area contributed by atoms with Crippen molar-refractivity contribution in [3.8, 4) is 0 Å². The SMILES string of the molecule is Cc1nc(CN2CCC3(CC2)CCN3c2ncccn2)cs1. The van der Waals surface area contributed by atoms with Gasteiger partial charge in [-0.3, -0.25) is 4.90 Å². The summed E-state index contributed by atoms with van der Waals surface area (Å²) >= 11 is 1.74. The fourth-order valence-electron chi connectivity index (χ4n) is 3.64. The summed E-state index contributed by atoms with van der Waals surface area (Å²) in [5, 5.41) is 3.35.